The van der Waals surface area contributed by atoms with Gasteiger partial charge in [0.2, 0.25) is 0 Å². The molecule has 7 heteroatoms. The highest BCUT2D eigenvalue weighted by Crippen LogP contribution is 2.11. The number of nitrogens with one attached hydrogen (secondary N) is 2. The fourth-order valence-corrected chi connectivity index (χ4v) is 2.14. The zero-order chi connectivity index (χ0) is 15.4. The molecular weight excluding hydrogens is 272 g/mol. The number of aryl methyl sites for hydroxylation is 1. The van der Waals surface area contributed by atoms with Gasteiger partial charge in [-0.1, -0.05) is 0 Å². The molecule has 21 heavy (non-hydrogen) atoms. The van der Waals surface area contributed by atoms with E-state index in [4.69, 9.17) is 5.73 Å². The quantitative estimate of drug-likeness (QED) is 0.522. The smallest absolute Gasteiger partial charge is 0.316 e. The fourth-order valence-electron chi connectivity index (χ4n) is 2.14. The average Bonchev–Trinajstić information content (AvgIpc) is 2.48. The summed E-state index contributed by atoms with van der Waals surface area (Å²) in [6.45, 7) is 3.18. The zero-order valence-electron chi connectivity index (χ0n) is 11.8. The number of fused-ring (bicyclic) bond motifs is 1. The molecule has 1 amide bonds. The molecular formula is C14H18N4O3. The summed E-state index contributed by atoms with van der Waals surface area (Å²) in [6, 6.07) is 4.86. The molecule has 0 saturated carbocycles. The molecule has 0 aliphatic rings. The number of aromatic amines is 1. The number of amides is 1. The first-order valence-corrected chi connectivity index (χ1v) is 6.83. The molecule has 0 saturated heterocycles. The number of H-pyrrole nitrogens is 1. The highest BCUT2D eigenvalue weighted by molar-refractivity contribution is 5.97. The van der Waals surface area contributed by atoms with E-state index < -0.39 is 11.1 Å². The largest absolute Gasteiger partial charge is 0.352 e. The molecule has 0 unspecified atom stereocenters. The maximum absolute atomic E-state index is 12.0. The van der Waals surface area contributed by atoms with Crippen molar-refractivity contribution in [2.75, 3.05) is 13.1 Å². The molecule has 0 fully saturated rings. The maximum Gasteiger partial charge on any atom is 0.316 e. The zero-order valence-corrected chi connectivity index (χ0v) is 11.8. The number of nitrogens with two attached hydrogens (primary N) is 1. The van der Waals surface area contributed by atoms with Crippen LogP contribution in [0.1, 0.15) is 23.7 Å². The second-order valence-electron chi connectivity index (χ2n) is 4.63. The molecule has 2 aromatic rings. The van der Waals surface area contributed by atoms with Crippen molar-refractivity contribution in [3.05, 3.63) is 44.5 Å². The summed E-state index contributed by atoms with van der Waals surface area (Å²) in [6.07, 6.45) is 0.700. The second kappa shape index (κ2) is 6.36. The first-order valence-electron chi connectivity index (χ1n) is 6.83. The summed E-state index contributed by atoms with van der Waals surface area (Å²) in [7, 11) is 0. The summed E-state index contributed by atoms with van der Waals surface area (Å²) >= 11 is 0. The lowest BCUT2D eigenvalue weighted by Gasteiger charge is -2.09. The molecule has 0 aliphatic heterocycles. The third-order valence-electron chi connectivity index (χ3n) is 3.22. The van der Waals surface area contributed by atoms with Gasteiger partial charge in [0.1, 0.15) is 0 Å². The fraction of sp³-hybridized carbons (Fsp3) is 0.357. The van der Waals surface area contributed by atoms with Gasteiger partial charge in [-0.15, -0.1) is 0 Å². The summed E-state index contributed by atoms with van der Waals surface area (Å²) in [5.74, 6) is -0.236. The lowest BCUT2D eigenvalue weighted by molar-refractivity contribution is 0.0953. The summed E-state index contributed by atoms with van der Waals surface area (Å²) < 4.78 is 1.38. The molecule has 112 valence electrons. The molecule has 0 aliphatic carbocycles. The molecule has 2 rings (SSSR count). The average molecular weight is 290 g/mol. The van der Waals surface area contributed by atoms with Crippen LogP contribution >= 0.6 is 0 Å². The van der Waals surface area contributed by atoms with Crippen LogP contribution in [-0.2, 0) is 6.54 Å². The highest BCUT2D eigenvalue weighted by atomic mass is 16.2. The van der Waals surface area contributed by atoms with Crippen LogP contribution < -0.4 is 22.2 Å². The second-order valence-corrected chi connectivity index (χ2v) is 4.63. The van der Waals surface area contributed by atoms with Gasteiger partial charge in [-0.05, 0) is 38.1 Å². The Kier molecular flexibility index (Phi) is 4.54. The van der Waals surface area contributed by atoms with Crippen LogP contribution in [0.2, 0.25) is 0 Å². The van der Waals surface area contributed by atoms with Crippen LogP contribution in [0.5, 0.6) is 0 Å². The van der Waals surface area contributed by atoms with Crippen molar-refractivity contribution in [2.45, 2.75) is 19.9 Å². The van der Waals surface area contributed by atoms with E-state index in [2.05, 4.69) is 10.3 Å². The van der Waals surface area contributed by atoms with Gasteiger partial charge in [0, 0.05) is 18.7 Å². The molecule has 0 bridgehead atoms. The van der Waals surface area contributed by atoms with Crippen LogP contribution in [0.3, 0.4) is 0 Å². The van der Waals surface area contributed by atoms with E-state index in [9.17, 15) is 14.4 Å². The Bertz CT molecular complexity index is 776. The van der Waals surface area contributed by atoms with E-state index >= 15 is 0 Å². The highest BCUT2D eigenvalue weighted by Gasteiger charge is 2.10. The Labute approximate surface area is 120 Å². The van der Waals surface area contributed by atoms with Crippen LogP contribution in [0.15, 0.2) is 27.8 Å². The minimum Gasteiger partial charge on any atom is -0.352 e. The number of benzene rings is 1. The van der Waals surface area contributed by atoms with E-state index in [1.165, 1.54) is 4.57 Å². The minimum atomic E-state index is -0.690. The Balaban J connectivity index is 2.43. The van der Waals surface area contributed by atoms with Crippen LogP contribution in [-0.4, -0.2) is 28.5 Å². The molecule has 1 aromatic heterocycles. The molecule has 0 atom stereocenters. The lowest BCUT2D eigenvalue weighted by atomic mass is 10.1. The molecule has 7 nitrogen and oxygen atoms in total. The van der Waals surface area contributed by atoms with Gasteiger partial charge in [0.05, 0.1) is 11.0 Å². The molecule has 1 heterocycles. The van der Waals surface area contributed by atoms with Crippen molar-refractivity contribution in [3.63, 3.8) is 0 Å². The van der Waals surface area contributed by atoms with Crippen molar-refractivity contribution in [3.8, 4) is 0 Å². The summed E-state index contributed by atoms with van der Waals surface area (Å²) in [4.78, 5) is 37.8. The van der Waals surface area contributed by atoms with Crippen LogP contribution in [0.25, 0.3) is 11.0 Å². The van der Waals surface area contributed by atoms with Gasteiger partial charge < -0.3 is 20.6 Å². The Morgan fingerprint density at radius 3 is 2.81 bits per heavy atom. The third-order valence-corrected chi connectivity index (χ3v) is 3.22. The van der Waals surface area contributed by atoms with Crippen molar-refractivity contribution >= 4 is 16.9 Å². The number of carbonyl (C=O) groups is 1. The van der Waals surface area contributed by atoms with E-state index in [1.807, 2.05) is 0 Å². The van der Waals surface area contributed by atoms with Gasteiger partial charge in [0.15, 0.2) is 0 Å². The van der Waals surface area contributed by atoms with Crippen LogP contribution in [0, 0.1) is 0 Å². The SMILES string of the molecule is CCn1c(=O)c(=O)[nH]c2cc(C(=O)NCCCN)ccc21. The standard InChI is InChI=1S/C14H18N4O3/c1-2-18-11-5-4-9(12(19)16-7-3-6-15)8-10(11)17-13(20)14(18)21/h4-5,8H,2-3,6-7,15H2,1H3,(H,16,19)(H,17,20). The molecule has 4 N–H and O–H groups in total. The van der Waals surface area contributed by atoms with Gasteiger partial charge >= 0.3 is 11.1 Å². The normalized spacial score (nSPS) is 10.8. The molecule has 0 spiro atoms. The first kappa shape index (κ1) is 15.0. The van der Waals surface area contributed by atoms with Gasteiger partial charge in [-0.3, -0.25) is 14.4 Å². The predicted octanol–water partition coefficient (Wildman–Crippen LogP) is -0.212. The number of carbonyl (C=O) groups excluding carboxylic acids is 1. The minimum absolute atomic E-state index is 0.236. The number of rotatable bonds is 5. The number of hydrogen-bond donors (Lipinski definition) is 3. The number of nitrogens with zero attached hydrogens (tertiary/aromatic N) is 1. The van der Waals surface area contributed by atoms with Gasteiger partial charge in [0.25, 0.3) is 5.91 Å². The topological polar surface area (TPSA) is 110 Å². The van der Waals surface area contributed by atoms with E-state index in [1.54, 1.807) is 25.1 Å². The van der Waals surface area contributed by atoms with Crippen LogP contribution in [0.4, 0.5) is 0 Å². The van der Waals surface area contributed by atoms with Gasteiger partial charge in [-0.25, -0.2) is 0 Å². The Morgan fingerprint density at radius 1 is 1.38 bits per heavy atom. The molecule has 1 aromatic carbocycles. The van der Waals surface area contributed by atoms with Crippen molar-refractivity contribution < 1.29 is 4.79 Å². The Morgan fingerprint density at radius 2 is 2.14 bits per heavy atom. The maximum atomic E-state index is 12.0. The van der Waals surface area contributed by atoms with E-state index in [0.29, 0.717) is 42.7 Å². The van der Waals surface area contributed by atoms with E-state index in [-0.39, 0.29) is 5.91 Å². The monoisotopic (exact) mass is 290 g/mol. The Hall–Kier alpha value is -2.41. The number of hydrogen-bond acceptors (Lipinski definition) is 4. The van der Waals surface area contributed by atoms with Crippen molar-refractivity contribution in [1.82, 2.24) is 14.9 Å². The van der Waals surface area contributed by atoms with Crippen molar-refractivity contribution in [2.24, 2.45) is 5.73 Å². The molecule has 0 radical (unpaired) electrons. The predicted molar refractivity (Wildman–Crippen MR) is 80.5 cm³/mol. The van der Waals surface area contributed by atoms with Crippen molar-refractivity contribution in [1.29, 1.82) is 0 Å². The van der Waals surface area contributed by atoms with Gasteiger partial charge in [-0.2, -0.15) is 0 Å². The summed E-state index contributed by atoms with van der Waals surface area (Å²) in [5.41, 5.74) is 5.58. The number of aromatic nitrogens is 2. The third kappa shape index (κ3) is 3.03. The summed E-state index contributed by atoms with van der Waals surface area (Å²) in [5, 5.41) is 2.74. The lowest BCUT2D eigenvalue weighted by Crippen LogP contribution is -2.36. The first-order chi connectivity index (χ1) is 10.1. The van der Waals surface area contributed by atoms with E-state index in [0.717, 1.165) is 0 Å².